The van der Waals surface area contributed by atoms with Gasteiger partial charge in [0.2, 0.25) is 0 Å². The third-order valence-electron chi connectivity index (χ3n) is 3.02. The number of hydrogen-bond acceptors (Lipinski definition) is 0. The van der Waals surface area contributed by atoms with Crippen molar-refractivity contribution in [1.82, 2.24) is 0 Å². The molecule has 0 aliphatic rings. The topological polar surface area (TPSA) is 0 Å². The Kier molecular flexibility index (Phi) is 6.96. The molecule has 0 atom stereocenters. The summed E-state index contributed by atoms with van der Waals surface area (Å²) in [5.41, 5.74) is 2.81. The van der Waals surface area contributed by atoms with Crippen molar-refractivity contribution in [3.8, 4) is 0 Å². The molecule has 0 amide bonds. The molecule has 0 N–H and O–H groups in total. The van der Waals surface area contributed by atoms with Gasteiger partial charge in [0.05, 0.1) is 0 Å². The molecule has 0 spiro atoms. The van der Waals surface area contributed by atoms with Gasteiger partial charge < -0.3 is 0 Å². The molecule has 0 heterocycles. The quantitative estimate of drug-likeness (QED) is 0.540. The van der Waals surface area contributed by atoms with E-state index in [1.807, 2.05) is 0 Å². The summed E-state index contributed by atoms with van der Waals surface area (Å²) >= 11 is 0. The van der Waals surface area contributed by atoms with Crippen LogP contribution in [0, 0.1) is 6.07 Å². The van der Waals surface area contributed by atoms with Gasteiger partial charge >= 0.3 is 0 Å². The predicted octanol–water partition coefficient (Wildman–Crippen LogP) is 4.95. The van der Waals surface area contributed by atoms with Crippen molar-refractivity contribution in [3.05, 3.63) is 35.4 Å². The molecule has 0 aromatic heterocycles. The summed E-state index contributed by atoms with van der Waals surface area (Å²) in [5, 5.41) is 0. The lowest BCUT2D eigenvalue weighted by atomic mass is 10.0. The second-order valence-corrected chi connectivity index (χ2v) is 4.62. The molecule has 0 saturated carbocycles. The molecule has 0 bridgehead atoms. The van der Waals surface area contributed by atoms with E-state index < -0.39 is 0 Å². The van der Waals surface area contributed by atoms with Gasteiger partial charge in [-0.1, -0.05) is 57.7 Å². The highest BCUT2D eigenvalue weighted by Crippen LogP contribution is 2.11. The fourth-order valence-electron chi connectivity index (χ4n) is 1.97. The standard InChI is InChI=1S/C16H25/c1-3-5-7-8-11-16-13-9-12-15(14-16)10-6-4-2/h9,12-13H,3-8,10-11H2,1-2H3. The van der Waals surface area contributed by atoms with E-state index in [9.17, 15) is 0 Å². The summed E-state index contributed by atoms with van der Waals surface area (Å²) in [6.45, 7) is 4.51. The van der Waals surface area contributed by atoms with Crippen LogP contribution < -0.4 is 0 Å². The minimum atomic E-state index is 1.19. The highest BCUT2D eigenvalue weighted by atomic mass is 14.0. The first-order chi connectivity index (χ1) is 7.86. The maximum absolute atomic E-state index is 3.56. The van der Waals surface area contributed by atoms with Crippen LogP contribution in [0.2, 0.25) is 0 Å². The molecule has 1 aromatic carbocycles. The van der Waals surface area contributed by atoms with Gasteiger partial charge in [0.1, 0.15) is 0 Å². The lowest BCUT2D eigenvalue weighted by Gasteiger charge is -2.04. The van der Waals surface area contributed by atoms with Crippen molar-refractivity contribution in [2.75, 3.05) is 0 Å². The second-order valence-electron chi connectivity index (χ2n) is 4.62. The maximum atomic E-state index is 3.56. The first kappa shape index (κ1) is 13.3. The monoisotopic (exact) mass is 217 g/mol. The molecule has 1 radical (unpaired) electrons. The smallest absolute Gasteiger partial charge is 0.0114 e. The Balaban J connectivity index is 2.35. The van der Waals surface area contributed by atoms with Crippen LogP contribution >= 0.6 is 0 Å². The molecule has 16 heavy (non-hydrogen) atoms. The van der Waals surface area contributed by atoms with Crippen LogP contribution in [-0.4, -0.2) is 0 Å². The zero-order chi connectivity index (χ0) is 11.6. The van der Waals surface area contributed by atoms with Crippen molar-refractivity contribution < 1.29 is 0 Å². The number of benzene rings is 1. The zero-order valence-corrected chi connectivity index (χ0v) is 10.9. The molecular weight excluding hydrogens is 192 g/mol. The zero-order valence-electron chi connectivity index (χ0n) is 10.9. The van der Waals surface area contributed by atoms with Crippen molar-refractivity contribution in [1.29, 1.82) is 0 Å². The fraction of sp³-hybridized carbons (Fsp3) is 0.625. The average molecular weight is 217 g/mol. The van der Waals surface area contributed by atoms with Gasteiger partial charge in [0, 0.05) is 0 Å². The Bertz CT molecular complexity index is 275. The summed E-state index contributed by atoms with van der Waals surface area (Å²) in [6.07, 6.45) is 10.3. The van der Waals surface area contributed by atoms with E-state index in [2.05, 4.69) is 38.1 Å². The summed E-state index contributed by atoms with van der Waals surface area (Å²) in [7, 11) is 0. The van der Waals surface area contributed by atoms with Gasteiger partial charge in [0.25, 0.3) is 0 Å². The summed E-state index contributed by atoms with van der Waals surface area (Å²) in [4.78, 5) is 0. The summed E-state index contributed by atoms with van der Waals surface area (Å²) in [6, 6.07) is 10.2. The van der Waals surface area contributed by atoms with Crippen molar-refractivity contribution in [2.45, 2.75) is 65.2 Å². The Hall–Kier alpha value is -0.780. The minimum absolute atomic E-state index is 1.19. The van der Waals surface area contributed by atoms with Gasteiger partial charge in [-0.25, -0.2) is 0 Å². The van der Waals surface area contributed by atoms with Gasteiger partial charge in [-0.3, -0.25) is 0 Å². The largest absolute Gasteiger partial charge is 0.0654 e. The molecule has 1 rings (SSSR count). The highest BCUT2D eigenvalue weighted by Gasteiger charge is 1.97. The van der Waals surface area contributed by atoms with Crippen molar-refractivity contribution in [3.63, 3.8) is 0 Å². The number of hydrogen-bond donors (Lipinski definition) is 0. The first-order valence-corrected chi connectivity index (χ1v) is 6.87. The third-order valence-corrected chi connectivity index (χ3v) is 3.02. The van der Waals surface area contributed by atoms with Crippen LogP contribution in [-0.2, 0) is 12.8 Å². The molecule has 1 aromatic rings. The van der Waals surface area contributed by atoms with Crippen LogP contribution in [0.15, 0.2) is 18.2 Å². The number of unbranched alkanes of at least 4 members (excludes halogenated alkanes) is 4. The van der Waals surface area contributed by atoms with E-state index in [1.54, 1.807) is 0 Å². The fourth-order valence-corrected chi connectivity index (χ4v) is 1.97. The van der Waals surface area contributed by atoms with Crippen LogP contribution in [0.1, 0.15) is 63.5 Å². The number of rotatable bonds is 8. The maximum Gasteiger partial charge on any atom is -0.0114 e. The SMILES string of the molecule is CCCCCCc1[c]c(CCCC)ccc1. The molecule has 0 fully saturated rings. The van der Waals surface area contributed by atoms with E-state index in [0.717, 1.165) is 0 Å². The van der Waals surface area contributed by atoms with E-state index >= 15 is 0 Å². The molecule has 0 unspecified atom stereocenters. The molecule has 89 valence electrons. The van der Waals surface area contributed by atoms with Crippen LogP contribution in [0.25, 0.3) is 0 Å². The van der Waals surface area contributed by atoms with E-state index in [0.29, 0.717) is 0 Å². The van der Waals surface area contributed by atoms with Gasteiger partial charge in [-0.2, -0.15) is 0 Å². The van der Waals surface area contributed by atoms with Crippen LogP contribution in [0.3, 0.4) is 0 Å². The highest BCUT2D eigenvalue weighted by molar-refractivity contribution is 5.22. The van der Waals surface area contributed by atoms with Crippen molar-refractivity contribution in [2.24, 2.45) is 0 Å². The number of aryl methyl sites for hydroxylation is 2. The predicted molar refractivity (Wildman–Crippen MR) is 71.7 cm³/mol. The Morgan fingerprint density at radius 2 is 1.44 bits per heavy atom. The molecular formula is C16H25. The third kappa shape index (κ3) is 5.34. The average Bonchev–Trinajstić information content (AvgIpc) is 2.33. The van der Waals surface area contributed by atoms with Crippen molar-refractivity contribution >= 4 is 0 Å². The van der Waals surface area contributed by atoms with Crippen LogP contribution in [0.4, 0.5) is 0 Å². The lowest BCUT2D eigenvalue weighted by Crippen LogP contribution is -1.90. The lowest BCUT2D eigenvalue weighted by molar-refractivity contribution is 0.666. The summed E-state index contributed by atoms with van der Waals surface area (Å²) in [5.74, 6) is 0. The molecule has 0 aliphatic heterocycles. The Labute approximate surface area is 101 Å². The van der Waals surface area contributed by atoms with Gasteiger partial charge in [-0.15, -0.1) is 0 Å². The molecule has 0 aliphatic carbocycles. The normalized spacial score (nSPS) is 10.6. The molecule has 0 nitrogen and oxygen atoms in total. The van der Waals surface area contributed by atoms with Crippen LogP contribution in [0.5, 0.6) is 0 Å². The minimum Gasteiger partial charge on any atom is -0.0654 e. The molecule has 0 heteroatoms. The Morgan fingerprint density at radius 1 is 0.812 bits per heavy atom. The summed E-state index contributed by atoms with van der Waals surface area (Å²) < 4.78 is 0. The van der Waals surface area contributed by atoms with E-state index in [-0.39, 0.29) is 0 Å². The van der Waals surface area contributed by atoms with E-state index in [1.165, 1.54) is 62.5 Å². The van der Waals surface area contributed by atoms with E-state index in [4.69, 9.17) is 0 Å². The van der Waals surface area contributed by atoms with Gasteiger partial charge in [0.15, 0.2) is 0 Å². The molecule has 0 saturated heterocycles. The first-order valence-electron chi connectivity index (χ1n) is 6.87. The second kappa shape index (κ2) is 8.38. The van der Waals surface area contributed by atoms with Gasteiger partial charge in [-0.05, 0) is 42.9 Å². The Morgan fingerprint density at radius 3 is 2.06 bits per heavy atom.